The first-order valence-electron chi connectivity index (χ1n) is 15.2. The molecule has 0 aromatic heterocycles. The van der Waals surface area contributed by atoms with E-state index < -0.39 is 52.2 Å². The van der Waals surface area contributed by atoms with Gasteiger partial charge >= 0.3 is 25.7 Å². The van der Waals surface area contributed by atoms with Gasteiger partial charge in [0.1, 0.15) is 0 Å². The van der Waals surface area contributed by atoms with Crippen LogP contribution in [-0.4, -0.2) is 64.8 Å². The van der Waals surface area contributed by atoms with Crippen molar-refractivity contribution < 1.29 is 37.6 Å². The molecule has 1 aliphatic heterocycles. The molecule has 0 aliphatic carbocycles. The first kappa shape index (κ1) is 39.9. The van der Waals surface area contributed by atoms with Crippen LogP contribution in [0, 0.1) is 20.8 Å². The van der Waals surface area contributed by atoms with Crippen LogP contribution in [0.5, 0.6) is 0 Å². The summed E-state index contributed by atoms with van der Waals surface area (Å²) in [6.07, 6.45) is 0. The highest BCUT2D eigenvalue weighted by Crippen LogP contribution is 2.40. The minimum absolute atomic E-state index is 0.0289. The fraction of sp³-hybridized carbons (Fsp3) is 0.400. The van der Waals surface area contributed by atoms with Gasteiger partial charge in [-0.1, -0.05) is 54.6 Å². The third kappa shape index (κ3) is 10.4. The van der Waals surface area contributed by atoms with Gasteiger partial charge in [0.2, 0.25) is 17.7 Å². The van der Waals surface area contributed by atoms with Gasteiger partial charge in [-0.05, 0) is 109 Å². The van der Waals surface area contributed by atoms with E-state index in [1.165, 1.54) is 0 Å². The van der Waals surface area contributed by atoms with Crippen LogP contribution < -0.4 is 0 Å². The zero-order valence-corrected chi connectivity index (χ0v) is 35.7. The molecular formula is C30H42O9S6Si3. The average molecular weight is 823 g/mol. The van der Waals surface area contributed by atoms with Crippen LogP contribution in [0.2, 0.25) is 37.8 Å². The van der Waals surface area contributed by atoms with Crippen LogP contribution in [0.4, 0.5) is 0 Å². The van der Waals surface area contributed by atoms with Crippen molar-refractivity contribution in [2.75, 3.05) is 18.1 Å². The van der Waals surface area contributed by atoms with Crippen molar-refractivity contribution in [2.45, 2.75) is 73.2 Å². The smallest absolute Gasteiger partial charge is 0.319 e. The molecule has 18 heteroatoms. The Labute approximate surface area is 301 Å². The number of hydrogen-bond acceptors (Lipinski definition) is 12. The second-order valence-corrected chi connectivity index (χ2v) is 33.8. The highest BCUT2D eigenvalue weighted by Gasteiger charge is 2.56. The first-order valence-corrected chi connectivity index (χ1v) is 31.2. The van der Waals surface area contributed by atoms with E-state index in [-0.39, 0.29) is 27.9 Å². The Balaban J connectivity index is 1.51. The lowest BCUT2D eigenvalue weighted by molar-refractivity contribution is 0.218. The predicted octanol–water partition coefficient (Wildman–Crippen LogP) is 7.17. The van der Waals surface area contributed by atoms with Gasteiger partial charge in [0.05, 0.1) is 21.3 Å². The Morgan fingerprint density at radius 3 is 1.29 bits per heavy atom. The zero-order chi connectivity index (χ0) is 35.4. The topological polar surface area (TPSA) is 122 Å². The molecule has 0 radical (unpaired) electrons. The van der Waals surface area contributed by atoms with Crippen molar-refractivity contribution in [2.24, 2.45) is 0 Å². The van der Waals surface area contributed by atoms with E-state index in [0.29, 0.717) is 34.2 Å². The molecule has 0 bridgehead atoms. The van der Waals surface area contributed by atoms with E-state index in [4.69, 9.17) is 27.7 Å². The van der Waals surface area contributed by atoms with E-state index in [9.17, 15) is 21.0 Å². The summed E-state index contributed by atoms with van der Waals surface area (Å²) in [6, 6.07) is 21.9. The summed E-state index contributed by atoms with van der Waals surface area (Å²) in [5, 5.41) is 0. The fourth-order valence-electron chi connectivity index (χ4n) is 5.45. The summed E-state index contributed by atoms with van der Waals surface area (Å²) >= 11 is 5.39. The first-order chi connectivity index (χ1) is 22.3. The summed E-state index contributed by atoms with van der Waals surface area (Å²) in [5.74, 6) is 0.489. The van der Waals surface area contributed by atoms with Crippen LogP contribution in [0.3, 0.4) is 0 Å². The SMILES string of the molecule is Cc1ccccc1S(=O)(=O)SCC[Si]1(C)O[Si](C)(CCOS(=O)(=S)c2ccccc2C)O[Si](C)(CCSS(=O)(=O)c2ccccc2C)O1. The summed E-state index contributed by atoms with van der Waals surface area (Å²) in [5.41, 5.74) is 2.12. The van der Waals surface area contributed by atoms with E-state index in [1.54, 1.807) is 74.5 Å². The van der Waals surface area contributed by atoms with Crippen molar-refractivity contribution in [3.05, 3.63) is 89.5 Å². The second kappa shape index (κ2) is 15.8. The maximum atomic E-state index is 13.4. The zero-order valence-electron chi connectivity index (χ0n) is 27.8. The molecule has 48 heavy (non-hydrogen) atoms. The van der Waals surface area contributed by atoms with Gasteiger partial charge in [0.25, 0.3) is 0 Å². The molecule has 0 N–H and O–H groups in total. The lowest BCUT2D eigenvalue weighted by Gasteiger charge is -2.50. The van der Waals surface area contributed by atoms with Crippen molar-refractivity contribution in [3.63, 3.8) is 0 Å². The number of benzene rings is 3. The molecule has 4 rings (SSSR count). The predicted molar refractivity (Wildman–Crippen MR) is 205 cm³/mol. The van der Waals surface area contributed by atoms with Crippen molar-refractivity contribution in [1.29, 1.82) is 0 Å². The molecule has 0 spiro atoms. The molecule has 0 saturated carbocycles. The molecule has 1 saturated heterocycles. The molecule has 264 valence electrons. The molecule has 3 atom stereocenters. The van der Waals surface area contributed by atoms with Gasteiger partial charge < -0.3 is 12.3 Å². The monoisotopic (exact) mass is 822 g/mol. The van der Waals surface area contributed by atoms with Crippen LogP contribution in [0.15, 0.2) is 87.5 Å². The largest absolute Gasteiger partial charge is 0.416 e. The van der Waals surface area contributed by atoms with E-state index >= 15 is 0 Å². The van der Waals surface area contributed by atoms with Crippen LogP contribution in [0.25, 0.3) is 0 Å². The summed E-state index contributed by atoms with van der Waals surface area (Å²) in [6.45, 7) is 11.1. The van der Waals surface area contributed by atoms with Crippen molar-refractivity contribution in [1.82, 2.24) is 0 Å². The number of rotatable bonds is 15. The third-order valence-electron chi connectivity index (χ3n) is 7.77. The maximum Gasteiger partial charge on any atom is 0.319 e. The van der Waals surface area contributed by atoms with Crippen LogP contribution in [-0.2, 0) is 54.2 Å². The molecule has 1 heterocycles. The molecule has 0 amide bonds. The van der Waals surface area contributed by atoms with E-state index in [0.717, 1.165) is 27.2 Å². The van der Waals surface area contributed by atoms with Gasteiger partial charge in [-0.15, -0.1) is 0 Å². The minimum Gasteiger partial charge on any atom is -0.416 e. The Kier molecular flexibility index (Phi) is 13.1. The lowest BCUT2D eigenvalue weighted by atomic mass is 10.2. The second-order valence-electron chi connectivity index (χ2n) is 12.1. The summed E-state index contributed by atoms with van der Waals surface area (Å²) in [4.78, 5) is 1.01. The number of hydrogen-bond donors (Lipinski definition) is 0. The van der Waals surface area contributed by atoms with Gasteiger partial charge in [-0.3, -0.25) is 4.18 Å². The quantitative estimate of drug-likeness (QED) is 0.114. The lowest BCUT2D eigenvalue weighted by Crippen LogP contribution is -2.67. The Morgan fingerprint density at radius 2 is 0.917 bits per heavy atom. The minimum atomic E-state index is -3.61. The average Bonchev–Trinajstić information content (AvgIpc) is 2.96. The molecular weight excluding hydrogens is 781 g/mol. The maximum absolute atomic E-state index is 13.4. The van der Waals surface area contributed by atoms with Gasteiger partial charge in [-0.2, -0.15) is 0 Å². The highest BCUT2D eigenvalue weighted by atomic mass is 33.1. The Morgan fingerprint density at radius 1 is 0.583 bits per heavy atom. The Bertz CT molecular complexity index is 1710. The highest BCUT2D eigenvalue weighted by molar-refractivity contribution is 8.72. The van der Waals surface area contributed by atoms with Crippen LogP contribution >= 0.6 is 21.6 Å². The Hall–Kier alpha value is -0.879. The van der Waals surface area contributed by atoms with Crippen LogP contribution in [0.1, 0.15) is 16.7 Å². The van der Waals surface area contributed by atoms with Gasteiger partial charge in [0.15, 0.2) is 8.77 Å². The van der Waals surface area contributed by atoms with E-state index in [1.807, 2.05) is 38.7 Å². The molecule has 3 aromatic rings. The fourth-order valence-corrected chi connectivity index (χ4v) is 33.5. The standard InChI is InChI=1S/C30H42O9S6Si3/c1-25-13-7-10-16-28(25)43(31,32)41-20-23-47(5)37-46(4,22-19-36-45(35,40)30-18-12-9-15-27(30)3)38-48(6,39-47)24-21-42-44(33,34)29-17-11-8-14-26(29)2/h7-18H,19-24H2,1-6H3. The van der Waals surface area contributed by atoms with Crippen molar-refractivity contribution in [3.8, 4) is 0 Å². The molecule has 9 nitrogen and oxygen atoms in total. The van der Waals surface area contributed by atoms with Crippen molar-refractivity contribution >= 4 is 85.0 Å². The molecule has 3 unspecified atom stereocenters. The molecule has 1 fully saturated rings. The number of aryl methyl sites for hydroxylation is 3. The molecule has 3 aromatic carbocycles. The summed E-state index contributed by atoms with van der Waals surface area (Å²) in [7, 11) is -17.9. The summed E-state index contributed by atoms with van der Waals surface area (Å²) < 4.78 is 92.0. The van der Waals surface area contributed by atoms with Gasteiger partial charge in [0, 0.05) is 28.7 Å². The third-order valence-corrected chi connectivity index (χ3v) is 31.9. The van der Waals surface area contributed by atoms with E-state index in [2.05, 4.69) is 0 Å². The normalized spacial score (nSPS) is 24.6. The molecule has 1 aliphatic rings. The van der Waals surface area contributed by atoms with Gasteiger partial charge in [-0.25, -0.2) is 21.0 Å².